The Morgan fingerprint density at radius 1 is 1.23 bits per heavy atom. The van der Waals surface area contributed by atoms with E-state index in [9.17, 15) is 9.59 Å². The first kappa shape index (κ1) is 18.6. The molecule has 0 bridgehead atoms. The topological polar surface area (TPSA) is 105 Å². The number of hydrogen-bond donors (Lipinski definition) is 3. The lowest BCUT2D eigenvalue weighted by atomic mass is 10.2. The normalized spacial score (nSPS) is 16.3. The van der Waals surface area contributed by atoms with E-state index in [-0.39, 0.29) is 25.1 Å². The summed E-state index contributed by atoms with van der Waals surface area (Å²) in [5, 5.41) is 17.5. The molecule has 0 aliphatic carbocycles. The summed E-state index contributed by atoms with van der Waals surface area (Å²) in [5.74, 6) is -0.289. The van der Waals surface area contributed by atoms with Gasteiger partial charge in [0.15, 0.2) is 0 Å². The van der Waals surface area contributed by atoms with Gasteiger partial charge in [-0.1, -0.05) is 35.1 Å². The van der Waals surface area contributed by atoms with E-state index in [2.05, 4.69) is 26.1 Å². The number of amides is 3. The number of anilines is 1. The summed E-state index contributed by atoms with van der Waals surface area (Å²) in [7, 11) is 0. The van der Waals surface area contributed by atoms with Gasteiger partial charge >= 0.3 is 6.03 Å². The van der Waals surface area contributed by atoms with E-state index >= 15 is 0 Å². The van der Waals surface area contributed by atoms with Crippen molar-refractivity contribution in [2.45, 2.75) is 18.9 Å². The lowest BCUT2D eigenvalue weighted by molar-refractivity contribution is 0.0954. The molecule has 1 aromatic carbocycles. The molecular formula is C16H18ClN5O3S. The summed E-state index contributed by atoms with van der Waals surface area (Å²) in [6, 6.07) is 6.36. The number of carbonyl (C=O) groups excluding carboxylic acids is 2. The molecule has 8 nitrogen and oxygen atoms in total. The molecule has 0 radical (unpaired) electrons. The Morgan fingerprint density at radius 3 is 2.81 bits per heavy atom. The SMILES string of the molecule is O=C(NCCNC(=O)c1ccccc1Cl)Nc1nnc(C2CCCO2)s1. The van der Waals surface area contributed by atoms with E-state index in [0.29, 0.717) is 15.7 Å². The maximum absolute atomic E-state index is 12.0. The zero-order valence-corrected chi connectivity index (χ0v) is 15.4. The number of hydrogen-bond acceptors (Lipinski definition) is 6. The van der Waals surface area contributed by atoms with Crippen LogP contribution in [0.3, 0.4) is 0 Å². The van der Waals surface area contributed by atoms with Gasteiger partial charge < -0.3 is 15.4 Å². The Labute approximate surface area is 159 Å². The minimum atomic E-state index is -0.410. The number of benzene rings is 1. The molecule has 3 amide bonds. The molecule has 3 rings (SSSR count). The highest BCUT2D eigenvalue weighted by molar-refractivity contribution is 7.15. The van der Waals surface area contributed by atoms with Crippen LogP contribution in [0.4, 0.5) is 9.93 Å². The van der Waals surface area contributed by atoms with Crippen molar-refractivity contribution < 1.29 is 14.3 Å². The van der Waals surface area contributed by atoms with Crippen LogP contribution in [-0.4, -0.2) is 41.8 Å². The van der Waals surface area contributed by atoms with Crippen molar-refractivity contribution in [1.29, 1.82) is 0 Å². The zero-order chi connectivity index (χ0) is 18.4. The van der Waals surface area contributed by atoms with Crippen molar-refractivity contribution in [3.8, 4) is 0 Å². The number of carbonyl (C=O) groups is 2. The van der Waals surface area contributed by atoms with Crippen molar-refractivity contribution in [3.63, 3.8) is 0 Å². The van der Waals surface area contributed by atoms with Crippen molar-refractivity contribution in [2.24, 2.45) is 0 Å². The summed E-state index contributed by atoms with van der Waals surface area (Å²) >= 11 is 7.26. The molecule has 1 unspecified atom stereocenters. The molecule has 2 heterocycles. The Bertz CT molecular complexity index is 779. The minimum Gasteiger partial charge on any atom is -0.371 e. The van der Waals surface area contributed by atoms with E-state index in [1.807, 2.05) is 0 Å². The van der Waals surface area contributed by atoms with Crippen LogP contribution in [0.2, 0.25) is 5.02 Å². The number of rotatable bonds is 6. The second-order valence-electron chi connectivity index (χ2n) is 5.56. The van der Waals surface area contributed by atoms with Gasteiger partial charge in [-0.2, -0.15) is 0 Å². The summed E-state index contributed by atoms with van der Waals surface area (Å²) in [4.78, 5) is 23.8. The molecule has 10 heteroatoms. The average molecular weight is 396 g/mol. The van der Waals surface area contributed by atoms with Gasteiger partial charge in [-0.25, -0.2) is 4.79 Å². The maximum Gasteiger partial charge on any atom is 0.321 e. The van der Waals surface area contributed by atoms with Gasteiger partial charge in [0.25, 0.3) is 5.91 Å². The van der Waals surface area contributed by atoms with Crippen LogP contribution in [0.25, 0.3) is 0 Å². The quantitative estimate of drug-likeness (QED) is 0.652. The molecule has 2 aromatic rings. The standard InChI is InChI=1S/C16H18ClN5O3S/c17-11-5-2-1-4-10(11)13(23)18-7-8-19-15(24)20-16-22-21-14(26-16)12-6-3-9-25-12/h1-2,4-5,12H,3,6-9H2,(H,18,23)(H2,19,20,22,24). The van der Waals surface area contributed by atoms with Crippen molar-refractivity contribution in [2.75, 3.05) is 25.0 Å². The maximum atomic E-state index is 12.0. The minimum absolute atomic E-state index is 0.0221. The molecule has 1 aliphatic rings. The smallest absolute Gasteiger partial charge is 0.321 e. The van der Waals surface area contributed by atoms with E-state index < -0.39 is 6.03 Å². The lowest BCUT2D eigenvalue weighted by Crippen LogP contribution is -2.36. The summed E-state index contributed by atoms with van der Waals surface area (Å²) in [6.45, 7) is 1.27. The van der Waals surface area contributed by atoms with Gasteiger partial charge in [-0.05, 0) is 25.0 Å². The lowest BCUT2D eigenvalue weighted by Gasteiger charge is -2.08. The highest BCUT2D eigenvalue weighted by Crippen LogP contribution is 2.31. The molecule has 1 aromatic heterocycles. The van der Waals surface area contributed by atoms with Crippen LogP contribution in [0.1, 0.15) is 34.3 Å². The fourth-order valence-electron chi connectivity index (χ4n) is 2.42. The van der Waals surface area contributed by atoms with Crippen LogP contribution in [0, 0.1) is 0 Å². The second kappa shape index (κ2) is 8.93. The Kier molecular flexibility index (Phi) is 6.37. The predicted molar refractivity (Wildman–Crippen MR) is 98.6 cm³/mol. The highest BCUT2D eigenvalue weighted by atomic mass is 35.5. The molecule has 1 atom stereocenters. The molecule has 1 saturated heterocycles. The van der Waals surface area contributed by atoms with Gasteiger partial charge in [-0.15, -0.1) is 10.2 Å². The van der Waals surface area contributed by atoms with Gasteiger partial charge in [0.05, 0.1) is 10.6 Å². The van der Waals surface area contributed by atoms with E-state index in [1.165, 1.54) is 11.3 Å². The fourth-order valence-corrected chi connectivity index (χ4v) is 3.47. The highest BCUT2D eigenvalue weighted by Gasteiger charge is 2.22. The van der Waals surface area contributed by atoms with Gasteiger partial charge in [0.1, 0.15) is 11.1 Å². The van der Waals surface area contributed by atoms with Crippen molar-refractivity contribution in [1.82, 2.24) is 20.8 Å². The van der Waals surface area contributed by atoms with E-state index in [1.54, 1.807) is 24.3 Å². The first-order valence-corrected chi connectivity index (χ1v) is 9.35. The number of nitrogens with one attached hydrogen (secondary N) is 3. The molecule has 138 valence electrons. The monoisotopic (exact) mass is 395 g/mol. The third-order valence-corrected chi connectivity index (χ3v) is 4.94. The van der Waals surface area contributed by atoms with Crippen LogP contribution < -0.4 is 16.0 Å². The number of halogens is 1. The summed E-state index contributed by atoms with van der Waals surface area (Å²) in [5.41, 5.74) is 0.397. The first-order chi connectivity index (χ1) is 12.6. The number of urea groups is 1. The van der Waals surface area contributed by atoms with E-state index in [4.69, 9.17) is 16.3 Å². The molecule has 1 fully saturated rings. The summed E-state index contributed by atoms with van der Waals surface area (Å²) < 4.78 is 5.53. The van der Waals surface area contributed by atoms with Crippen molar-refractivity contribution >= 4 is 40.0 Å². The Balaban J connectivity index is 1.38. The largest absolute Gasteiger partial charge is 0.371 e. The second-order valence-corrected chi connectivity index (χ2v) is 6.98. The Morgan fingerprint density at radius 2 is 2.04 bits per heavy atom. The molecule has 26 heavy (non-hydrogen) atoms. The number of ether oxygens (including phenoxy) is 1. The third kappa shape index (κ3) is 4.90. The van der Waals surface area contributed by atoms with Gasteiger partial charge in [0.2, 0.25) is 5.13 Å². The number of nitrogens with zero attached hydrogens (tertiary/aromatic N) is 2. The molecule has 1 aliphatic heterocycles. The average Bonchev–Trinajstić information content (AvgIpc) is 3.30. The molecule has 3 N–H and O–H groups in total. The van der Waals surface area contributed by atoms with Crippen LogP contribution in [-0.2, 0) is 4.74 Å². The van der Waals surface area contributed by atoms with Crippen LogP contribution in [0.5, 0.6) is 0 Å². The molecule has 0 saturated carbocycles. The van der Waals surface area contributed by atoms with Gasteiger partial charge in [0, 0.05) is 19.7 Å². The fraction of sp³-hybridized carbons (Fsp3) is 0.375. The zero-order valence-electron chi connectivity index (χ0n) is 13.8. The van der Waals surface area contributed by atoms with E-state index in [0.717, 1.165) is 24.5 Å². The Hall–Kier alpha value is -2.23. The van der Waals surface area contributed by atoms with Crippen LogP contribution >= 0.6 is 22.9 Å². The molecule has 0 spiro atoms. The van der Waals surface area contributed by atoms with Crippen molar-refractivity contribution in [3.05, 3.63) is 39.9 Å². The summed E-state index contributed by atoms with van der Waals surface area (Å²) in [6.07, 6.45) is 1.91. The molecular weight excluding hydrogens is 378 g/mol. The third-order valence-electron chi connectivity index (χ3n) is 3.68. The first-order valence-electron chi connectivity index (χ1n) is 8.16. The predicted octanol–water partition coefficient (Wildman–Crippen LogP) is 2.59. The van der Waals surface area contributed by atoms with Gasteiger partial charge in [-0.3, -0.25) is 10.1 Å². The number of aromatic nitrogens is 2. The van der Waals surface area contributed by atoms with Crippen LogP contribution in [0.15, 0.2) is 24.3 Å².